The summed E-state index contributed by atoms with van der Waals surface area (Å²) >= 11 is 1.67. The normalized spacial score (nSPS) is 17.2. The van der Waals surface area contributed by atoms with Gasteiger partial charge in [-0.2, -0.15) is 5.26 Å². The van der Waals surface area contributed by atoms with Crippen molar-refractivity contribution in [2.45, 2.75) is 20.8 Å². The van der Waals surface area contributed by atoms with Gasteiger partial charge in [0.05, 0.1) is 28.6 Å². The second-order valence-electron chi connectivity index (χ2n) is 11.9. The number of nitriles is 1. The van der Waals surface area contributed by atoms with Crippen LogP contribution in [0.5, 0.6) is 0 Å². The first-order chi connectivity index (χ1) is 19.7. The third-order valence-electron chi connectivity index (χ3n) is 7.46. The number of carbonyl (C=O) groups is 1. The summed E-state index contributed by atoms with van der Waals surface area (Å²) in [6, 6.07) is 15.6. The van der Waals surface area contributed by atoms with Gasteiger partial charge < -0.3 is 20.0 Å². The third-order valence-corrected chi connectivity index (χ3v) is 8.36. The fourth-order valence-electron chi connectivity index (χ4n) is 5.38. The van der Waals surface area contributed by atoms with Gasteiger partial charge in [0.1, 0.15) is 11.9 Å². The Morgan fingerprint density at radius 3 is 2.56 bits per heavy atom. The zero-order valence-corrected chi connectivity index (χ0v) is 24.7. The van der Waals surface area contributed by atoms with E-state index in [4.69, 9.17) is 4.98 Å². The number of thiazole rings is 1. The minimum Gasteiger partial charge on any atom is -0.353 e. The molecule has 10 heteroatoms. The van der Waals surface area contributed by atoms with Crippen LogP contribution >= 0.6 is 11.3 Å². The maximum atomic E-state index is 13.8. The summed E-state index contributed by atoms with van der Waals surface area (Å²) < 4.78 is 0. The molecule has 0 bridgehead atoms. The first-order valence-corrected chi connectivity index (χ1v) is 14.7. The first-order valence-electron chi connectivity index (χ1n) is 13.9. The number of carbonyl (C=O) groups excluding carboxylic acids is 1. The van der Waals surface area contributed by atoms with E-state index in [9.17, 15) is 10.1 Å². The van der Waals surface area contributed by atoms with Gasteiger partial charge in [0.2, 0.25) is 0 Å². The summed E-state index contributed by atoms with van der Waals surface area (Å²) in [5, 5.41) is 17.8. The van der Waals surface area contributed by atoms with Crippen molar-refractivity contribution in [3.63, 3.8) is 0 Å². The monoisotopic (exact) mass is 566 g/mol. The summed E-state index contributed by atoms with van der Waals surface area (Å²) in [6.07, 6.45) is 1.79. The van der Waals surface area contributed by atoms with Gasteiger partial charge in [0.25, 0.3) is 5.91 Å². The molecule has 0 radical (unpaired) electrons. The standard InChI is InChI=1S/C31H34N8OS/c1-31(2,3)19-38-17-23(16-32)34-24-6-5-7-26-27(24)28(38)33-20-39(26)29(40)22-10-8-21(9-11-22)25-18-41-30(35-25)37-14-12-36(4)13-15-37/h5-11,17-18,33H,12-15,19-20H2,1-4H3. The minimum absolute atomic E-state index is 0.0253. The quantitative estimate of drug-likeness (QED) is 0.519. The molecule has 4 heterocycles. The molecule has 1 fully saturated rings. The average Bonchev–Trinajstić information content (AvgIpc) is 3.40. The zero-order valence-electron chi connectivity index (χ0n) is 23.9. The largest absolute Gasteiger partial charge is 0.353 e. The molecule has 1 saturated heterocycles. The Bertz CT molecular complexity index is 1670. The molecule has 0 unspecified atom stereocenters. The third kappa shape index (κ3) is 5.43. The van der Waals surface area contributed by atoms with Crippen molar-refractivity contribution in [1.29, 1.82) is 5.26 Å². The lowest BCUT2D eigenvalue weighted by Gasteiger charge is -2.36. The molecule has 6 rings (SSSR count). The number of rotatable bonds is 4. The number of allylic oxidation sites excluding steroid dienone is 1. The lowest BCUT2D eigenvalue weighted by Crippen LogP contribution is -2.53. The molecule has 0 saturated carbocycles. The Hall–Kier alpha value is -4.20. The molecule has 1 N–H and O–H groups in total. The van der Waals surface area contributed by atoms with E-state index in [0.717, 1.165) is 59.3 Å². The number of likely N-dealkylation sites (N-methyl/N-ethyl adjacent to an activating group) is 1. The minimum atomic E-state index is -0.104. The van der Waals surface area contributed by atoms with Crippen LogP contribution in [0.2, 0.25) is 0 Å². The van der Waals surface area contributed by atoms with Crippen LogP contribution in [0.1, 0.15) is 31.1 Å². The number of aromatic nitrogens is 1. The van der Waals surface area contributed by atoms with Crippen LogP contribution in [-0.4, -0.2) is 67.1 Å². The van der Waals surface area contributed by atoms with Gasteiger partial charge in [0.15, 0.2) is 10.8 Å². The SMILES string of the molecule is CN1CCN(c2nc(-c3ccc(C(=O)N4CNC5=c6c4cccc6=NC(C#N)=CN5CC(C)(C)C)cc3)cs2)CC1. The molecule has 3 aromatic rings. The maximum Gasteiger partial charge on any atom is 0.259 e. The molecule has 1 aromatic heterocycles. The highest BCUT2D eigenvalue weighted by Gasteiger charge is 2.29. The highest BCUT2D eigenvalue weighted by Crippen LogP contribution is 2.29. The number of nitrogens with one attached hydrogen (secondary N) is 1. The van der Waals surface area contributed by atoms with Crippen LogP contribution in [0.15, 0.2) is 64.7 Å². The number of hydrogen-bond donors (Lipinski definition) is 1. The highest BCUT2D eigenvalue weighted by molar-refractivity contribution is 7.14. The van der Waals surface area contributed by atoms with Crippen LogP contribution in [-0.2, 0) is 0 Å². The van der Waals surface area contributed by atoms with Crippen molar-refractivity contribution < 1.29 is 4.79 Å². The fourth-order valence-corrected chi connectivity index (χ4v) is 6.27. The van der Waals surface area contributed by atoms with Gasteiger partial charge in [0, 0.05) is 55.4 Å². The topological polar surface area (TPSA) is 91.1 Å². The maximum absolute atomic E-state index is 13.8. The van der Waals surface area contributed by atoms with Gasteiger partial charge in [-0.3, -0.25) is 9.69 Å². The molecular formula is C31H34N8OS. The van der Waals surface area contributed by atoms with Crippen LogP contribution in [0.4, 0.5) is 10.8 Å². The van der Waals surface area contributed by atoms with Crippen molar-refractivity contribution in [3.05, 3.63) is 75.9 Å². The van der Waals surface area contributed by atoms with E-state index in [0.29, 0.717) is 29.8 Å². The lowest BCUT2D eigenvalue weighted by atomic mass is 9.96. The molecule has 9 nitrogen and oxygen atoms in total. The van der Waals surface area contributed by atoms with Gasteiger partial charge >= 0.3 is 0 Å². The number of nitrogens with zero attached hydrogens (tertiary/aromatic N) is 7. The average molecular weight is 567 g/mol. The van der Waals surface area contributed by atoms with Crippen molar-refractivity contribution in [2.24, 2.45) is 10.4 Å². The Balaban J connectivity index is 1.29. The van der Waals surface area contributed by atoms with E-state index in [-0.39, 0.29) is 11.3 Å². The number of anilines is 2. The number of hydrogen-bond acceptors (Lipinski definition) is 9. The first kappa shape index (κ1) is 27.0. The van der Waals surface area contributed by atoms with Gasteiger partial charge in [-0.15, -0.1) is 11.3 Å². The van der Waals surface area contributed by atoms with Crippen LogP contribution in [0, 0.1) is 16.7 Å². The molecule has 3 aliphatic rings. The summed E-state index contributed by atoms with van der Waals surface area (Å²) in [7, 11) is 2.15. The predicted octanol–water partition coefficient (Wildman–Crippen LogP) is 3.18. The summed E-state index contributed by atoms with van der Waals surface area (Å²) in [5.74, 6) is 0.756. The van der Waals surface area contributed by atoms with Crippen molar-refractivity contribution >= 4 is 33.9 Å². The second kappa shape index (κ2) is 10.7. The van der Waals surface area contributed by atoms with Crippen molar-refractivity contribution in [2.75, 3.05) is 56.2 Å². The predicted molar refractivity (Wildman–Crippen MR) is 163 cm³/mol. The fraction of sp³-hybridized carbons (Fsp3) is 0.355. The molecule has 0 aliphatic carbocycles. The van der Waals surface area contributed by atoms with Gasteiger partial charge in [-0.1, -0.05) is 39.0 Å². The number of piperazine rings is 1. The molecule has 0 spiro atoms. The van der Waals surface area contributed by atoms with Crippen LogP contribution in [0.3, 0.4) is 0 Å². The highest BCUT2D eigenvalue weighted by atomic mass is 32.1. The molecule has 0 atom stereocenters. The van der Waals surface area contributed by atoms with Gasteiger partial charge in [-0.05, 0) is 36.7 Å². The number of benzene rings is 2. The number of amides is 1. The Morgan fingerprint density at radius 2 is 1.85 bits per heavy atom. The van der Waals surface area contributed by atoms with E-state index >= 15 is 0 Å². The van der Waals surface area contributed by atoms with E-state index in [1.54, 1.807) is 22.4 Å². The van der Waals surface area contributed by atoms with E-state index in [1.807, 2.05) is 42.5 Å². The molecular weight excluding hydrogens is 532 g/mol. The molecule has 210 valence electrons. The van der Waals surface area contributed by atoms with Crippen LogP contribution in [0.25, 0.3) is 17.1 Å². The second-order valence-corrected chi connectivity index (χ2v) is 12.7. The Morgan fingerprint density at radius 1 is 1.10 bits per heavy atom. The lowest BCUT2D eigenvalue weighted by molar-refractivity contribution is 0.0984. The summed E-state index contributed by atoms with van der Waals surface area (Å²) in [6.45, 7) is 11.5. The smallest absolute Gasteiger partial charge is 0.259 e. The molecule has 41 heavy (non-hydrogen) atoms. The summed E-state index contributed by atoms with van der Waals surface area (Å²) in [5.41, 5.74) is 3.60. The zero-order chi connectivity index (χ0) is 28.7. The Labute approximate surface area is 244 Å². The summed E-state index contributed by atoms with van der Waals surface area (Å²) in [4.78, 5) is 31.8. The van der Waals surface area contributed by atoms with E-state index < -0.39 is 0 Å². The van der Waals surface area contributed by atoms with Crippen molar-refractivity contribution in [1.82, 2.24) is 20.1 Å². The van der Waals surface area contributed by atoms with Gasteiger partial charge in [-0.25, -0.2) is 9.98 Å². The van der Waals surface area contributed by atoms with Crippen LogP contribution < -0.4 is 25.7 Å². The van der Waals surface area contributed by atoms with E-state index in [1.165, 1.54) is 0 Å². The van der Waals surface area contributed by atoms with E-state index in [2.05, 4.69) is 64.3 Å². The van der Waals surface area contributed by atoms with Crippen molar-refractivity contribution in [3.8, 4) is 17.3 Å². The Kier molecular flexibility index (Phi) is 7.01. The molecule has 3 aliphatic heterocycles. The molecule has 2 aromatic carbocycles. The molecule has 1 amide bonds.